The summed E-state index contributed by atoms with van der Waals surface area (Å²) in [5.41, 5.74) is 5.60. The van der Waals surface area contributed by atoms with Crippen molar-refractivity contribution in [2.75, 3.05) is 39.3 Å². The van der Waals surface area contributed by atoms with Gasteiger partial charge in [0, 0.05) is 13.1 Å². The third kappa shape index (κ3) is 4.87. The zero-order chi connectivity index (χ0) is 12.6. The van der Waals surface area contributed by atoms with Crippen LogP contribution in [0.4, 0.5) is 0 Å². The van der Waals surface area contributed by atoms with E-state index in [0.29, 0.717) is 0 Å². The maximum atomic E-state index is 5.60. The summed E-state index contributed by atoms with van der Waals surface area (Å²) in [5.74, 6) is 1.87. The Morgan fingerprint density at radius 2 is 1.50 bits per heavy atom. The Morgan fingerprint density at radius 1 is 0.889 bits per heavy atom. The molecule has 2 aliphatic rings. The molecule has 0 amide bonds. The van der Waals surface area contributed by atoms with Gasteiger partial charge in [0.1, 0.15) is 0 Å². The summed E-state index contributed by atoms with van der Waals surface area (Å²) >= 11 is 0. The second-order valence-corrected chi connectivity index (χ2v) is 6.24. The largest absolute Gasteiger partial charge is 0.329 e. The summed E-state index contributed by atoms with van der Waals surface area (Å²) in [4.78, 5) is 2.51. The van der Waals surface area contributed by atoms with Crippen LogP contribution in [-0.4, -0.2) is 44.2 Å². The van der Waals surface area contributed by atoms with E-state index in [-0.39, 0.29) is 0 Å². The van der Waals surface area contributed by atoms with Gasteiger partial charge in [-0.05, 0) is 63.7 Å². The Hall–Kier alpha value is -0.120. The van der Waals surface area contributed by atoms with Gasteiger partial charge in [0.15, 0.2) is 0 Å². The quantitative estimate of drug-likeness (QED) is 0.759. The monoisotopic (exact) mass is 253 g/mol. The van der Waals surface area contributed by atoms with Crippen LogP contribution >= 0.6 is 0 Å². The fourth-order valence-corrected chi connectivity index (χ4v) is 3.48. The number of hydrogen-bond donors (Lipinski definition) is 2. The molecule has 0 bridgehead atoms. The molecule has 0 aromatic carbocycles. The maximum absolute atomic E-state index is 5.60. The fourth-order valence-electron chi connectivity index (χ4n) is 3.48. The van der Waals surface area contributed by atoms with Crippen molar-refractivity contribution in [2.45, 2.75) is 44.9 Å². The Labute approximate surface area is 112 Å². The highest BCUT2D eigenvalue weighted by atomic mass is 15.1. The second-order valence-electron chi connectivity index (χ2n) is 6.24. The van der Waals surface area contributed by atoms with E-state index in [4.69, 9.17) is 5.73 Å². The summed E-state index contributed by atoms with van der Waals surface area (Å²) in [5, 5.41) is 3.73. The van der Waals surface area contributed by atoms with Crippen molar-refractivity contribution in [2.24, 2.45) is 17.6 Å². The van der Waals surface area contributed by atoms with Crippen molar-refractivity contribution >= 4 is 0 Å². The first-order chi connectivity index (χ1) is 8.88. The van der Waals surface area contributed by atoms with Crippen molar-refractivity contribution < 1.29 is 0 Å². The Kier molecular flexibility index (Phi) is 6.46. The molecule has 0 radical (unpaired) electrons. The first kappa shape index (κ1) is 14.3. The molecule has 3 nitrogen and oxygen atoms in total. The lowest BCUT2D eigenvalue weighted by Crippen LogP contribution is -2.40. The van der Waals surface area contributed by atoms with Crippen LogP contribution in [-0.2, 0) is 0 Å². The van der Waals surface area contributed by atoms with Gasteiger partial charge < -0.3 is 16.0 Å². The summed E-state index contributed by atoms with van der Waals surface area (Å²) in [6.45, 7) is 6.92. The third-order valence-corrected chi connectivity index (χ3v) is 4.74. The van der Waals surface area contributed by atoms with Crippen LogP contribution in [0.1, 0.15) is 44.9 Å². The lowest BCUT2D eigenvalue weighted by atomic mass is 9.89. The predicted octanol–water partition coefficient (Wildman–Crippen LogP) is 1.83. The fraction of sp³-hybridized carbons (Fsp3) is 1.00. The molecule has 3 N–H and O–H groups in total. The summed E-state index contributed by atoms with van der Waals surface area (Å²) in [6.07, 6.45) is 10.0. The first-order valence-electron chi connectivity index (χ1n) is 8.01. The lowest BCUT2D eigenvalue weighted by Gasteiger charge is -2.32. The van der Waals surface area contributed by atoms with Crippen LogP contribution in [0.2, 0.25) is 0 Å². The molecule has 106 valence electrons. The normalized spacial score (nSPS) is 24.5. The zero-order valence-electron chi connectivity index (χ0n) is 11.9. The van der Waals surface area contributed by atoms with Crippen LogP contribution in [0.15, 0.2) is 0 Å². The van der Waals surface area contributed by atoms with Gasteiger partial charge in [-0.25, -0.2) is 0 Å². The van der Waals surface area contributed by atoms with E-state index in [0.717, 1.165) is 24.9 Å². The topological polar surface area (TPSA) is 41.3 Å². The number of nitrogens with two attached hydrogens (primary N) is 1. The van der Waals surface area contributed by atoms with Crippen molar-refractivity contribution in [3.05, 3.63) is 0 Å². The van der Waals surface area contributed by atoms with Crippen LogP contribution in [0, 0.1) is 11.8 Å². The third-order valence-electron chi connectivity index (χ3n) is 4.74. The van der Waals surface area contributed by atoms with Gasteiger partial charge in [0.25, 0.3) is 0 Å². The van der Waals surface area contributed by atoms with Gasteiger partial charge >= 0.3 is 0 Å². The molecule has 0 aromatic rings. The second kappa shape index (κ2) is 8.13. The summed E-state index contributed by atoms with van der Waals surface area (Å²) < 4.78 is 0. The molecule has 18 heavy (non-hydrogen) atoms. The molecule has 3 heteroatoms. The molecule has 1 saturated heterocycles. The minimum absolute atomic E-state index is 0.810. The van der Waals surface area contributed by atoms with E-state index in [9.17, 15) is 0 Å². The molecule has 2 rings (SSSR count). The molecule has 1 aliphatic carbocycles. The molecule has 0 atom stereocenters. The van der Waals surface area contributed by atoms with Gasteiger partial charge in [0.05, 0.1) is 0 Å². The molecule has 0 spiro atoms. The minimum Gasteiger partial charge on any atom is -0.329 e. The molecular weight excluding hydrogens is 222 g/mol. The van der Waals surface area contributed by atoms with Gasteiger partial charge in [0.2, 0.25) is 0 Å². The SMILES string of the molecule is NCCN1CCC(CNCC2CCCCC2)CC1. The van der Waals surface area contributed by atoms with E-state index in [1.807, 2.05) is 0 Å². The van der Waals surface area contributed by atoms with Gasteiger partial charge in [-0.3, -0.25) is 0 Å². The Morgan fingerprint density at radius 3 is 2.11 bits per heavy atom. The first-order valence-corrected chi connectivity index (χ1v) is 8.01. The molecule has 1 heterocycles. The number of nitrogens with zero attached hydrogens (tertiary/aromatic N) is 1. The number of piperidine rings is 1. The summed E-state index contributed by atoms with van der Waals surface area (Å²) in [6, 6.07) is 0. The Bertz CT molecular complexity index is 206. The lowest BCUT2D eigenvalue weighted by molar-refractivity contribution is 0.184. The molecular formula is C15H31N3. The van der Waals surface area contributed by atoms with Crippen LogP contribution in [0.3, 0.4) is 0 Å². The molecule has 1 saturated carbocycles. The number of hydrogen-bond acceptors (Lipinski definition) is 3. The van der Waals surface area contributed by atoms with E-state index >= 15 is 0 Å². The highest BCUT2D eigenvalue weighted by molar-refractivity contribution is 4.75. The van der Waals surface area contributed by atoms with Gasteiger partial charge in [-0.15, -0.1) is 0 Å². The van der Waals surface area contributed by atoms with Crippen molar-refractivity contribution in [3.8, 4) is 0 Å². The maximum Gasteiger partial charge on any atom is 0.0105 e. The van der Waals surface area contributed by atoms with Crippen LogP contribution in [0.25, 0.3) is 0 Å². The van der Waals surface area contributed by atoms with E-state index in [1.54, 1.807) is 0 Å². The van der Waals surface area contributed by atoms with E-state index in [1.165, 1.54) is 71.1 Å². The number of rotatable bonds is 6. The molecule has 2 fully saturated rings. The number of likely N-dealkylation sites (tertiary alicyclic amines) is 1. The molecule has 1 aliphatic heterocycles. The predicted molar refractivity (Wildman–Crippen MR) is 77.7 cm³/mol. The van der Waals surface area contributed by atoms with Crippen molar-refractivity contribution in [1.82, 2.24) is 10.2 Å². The molecule has 0 unspecified atom stereocenters. The highest BCUT2D eigenvalue weighted by Crippen LogP contribution is 2.23. The van der Waals surface area contributed by atoms with Crippen molar-refractivity contribution in [1.29, 1.82) is 0 Å². The zero-order valence-corrected chi connectivity index (χ0v) is 11.9. The minimum atomic E-state index is 0.810. The average molecular weight is 253 g/mol. The summed E-state index contributed by atoms with van der Waals surface area (Å²) in [7, 11) is 0. The van der Waals surface area contributed by atoms with Crippen LogP contribution in [0.5, 0.6) is 0 Å². The van der Waals surface area contributed by atoms with Gasteiger partial charge in [-0.1, -0.05) is 19.3 Å². The van der Waals surface area contributed by atoms with E-state index in [2.05, 4.69) is 10.2 Å². The standard InChI is InChI=1S/C15H31N3/c16-8-11-18-9-6-15(7-10-18)13-17-12-14-4-2-1-3-5-14/h14-15,17H,1-13,16H2. The Balaban J connectivity index is 1.52. The van der Waals surface area contributed by atoms with Gasteiger partial charge in [-0.2, -0.15) is 0 Å². The number of nitrogens with one attached hydrogen (secondary N) is 1. The molecule has 0 aromatic heterocycles. The van der Waals surface area contributed by atoms with E-state index < -0.39 is 0 Å². The highest BCUT2D eigenvalue weighted by Gasteiger charge is 2.19. The van der Waals surface area contributed by atoms with Crippen LogP contribution < -0.4 is 11.1 Å². The van der Waals surface area contributed by atoms with Crippen molar-refractivity contribution in [3.63, 3.8) is 0 Å². The smallest absolute Gasteiger partial charge is 0.0105 e. The average Bonchev–Trinajstić information content (AvgIpc) is 2.42.